The van der Waals surface area contributed by atoms with Gasteiger partial charge in [-0.3, -0.25) is 10.1 Å². The van der Waals surface area contributed by atoms with Crippen LogP contribution in [0.5, 0.6) is 0 Å². The largest absolute Gasteiger partial charge is 0.378 e. The fraction of sp³-hybridized carbons (Fsp3) is 0.400. The van der Waals surface area contributed by atoms with Crippen molar-refractivity contribution < 1.29 is 9.66 Å². The first-order valence-corrected chi connectivity index (χ1v) is 5.31. The maximum absolute atomic E-state index is 10.7. The summed E-state index contributed by atoms with van der Waals surface area (Å²) in [6.07, 6.45) is 0. The van der Waals surface area contributed by atoms with Crippen LogP contribution in [0.4, 0.5) is 5.69 Å². The van der Waals surface area contributed by atoms with Crippen molar-refractivity contribution in [2.24, 2.45) is 0 Å². The zero-order chi connectivity index (χ0) is 11.5. The van der Waals surface area contributed by atoms with E-state index < -0.39 is 4.92 Å². The second kappa shape index (κ2) is 6.16. The van der Waals surface area contributed by atoms with Gasteiger partial charge in [0.15, 0.2) is 0 Å². The molecule has 0 saturated carbocycles. The monoisotopic (exact) mass is 278 g/mol. The van der Waals surface area contributed by atoms with Crippen LogP contribution >= 0.6 is 24.0 Å². The highest BCUT2D eigenvalue weighted by Gasteiger charge is 2.19. The van der Waals surface area contributed by atoms with E-state index in [-0.39, 0.29) is 29.2 Å². The second-order valence-electron chi connectivity index (χ2n) is 3.55. The lowest BCUT2D eigenvalue weighted by Crippen LogP contribution is -2.34. The standard InChI is InChI=1S/C10H11ClN2O3.ClH/c11-8-2-1-7(5-10(8)13(14)15)9-6-16-4-3-12-9;/h1-2,5,9,12H,3-4,6H2;1H/t9-;/m1./s1. The van der Waals surface area contributed by atoms with E-state index in [4.69, 9.17) is 16.3 Å². The molecule has 0 aliphatic carbocycles. The Hall–Kier alpha value is -0.880. The Kier molecular flexibility index (Phi) is 5.14. The summed E-state index contributed by atoms with van der Waals surface area (Å²) in [5, 5.41) is 14.1. The summed E-state index contributed by atoms with van der Waals surface area (Å²) in [5.74, 6) is 0. The summed E-state index contributed by atoms with van der Waals surface area (Å²) in [6, 6.07) is 4.83. The molecule has 0 radical (unpaired) electrons. The van der Waals surface area contributed by atoms with E-state index in [1.54, 1.807) is 12.1 Å². The van der Waals surface area contributed by atoms with E-state index in [9.17, 15) is 10.1 Å². The number of rotatable bonds is 2. The summed E-state index contributed by atoms with van der Waals surface area (Å²) in [5.41, 5.74) is 0.766. The van der Waals surface area contributed by atoms with Crippen molar-refractivity contribution in [3.63, 3.8) is 0 Å². The van der Waals surface area contributed by atoms with E-state index >= 15 is 0 Å². The highest BCUT2D eigenvalue weighted by atomic mass is 35.5. The zero-order valence-electron chi connectivity index (χ0n) is 8.89. The van der Waals surface area contributed by atoms with Gasteiger partial charge < -0.3 is 10.1 Å². The molecule has 0 spiro atoms. The van der Waals surface area contributed by atoms with Gasteiger partial charge >= 0.3 is 0 Å². The fourth-order valence-electron chi connectivity index (χ4n) is 1.67. The average Bonchev–Trinajstić information content (AvgIpc) is 2.30. The highest BCUT2D eigenvalue weighted by molar-refractivity contribution is 6.32. The summed E-state index contributed by atoms with van der Waals surface area (Å²) in [4.78, 5) is 10.2. The lowest BCUT2D eigenvalue weighted by molar-refractivity contribution is -0.384. The number of nitrogens with zero attached hydrogens (tertiary/aromatic N) is 1. The Morgan fingerprint density at radius 1 is 1.53 bits per heavy atom. The van der Waals surface area contributed by atoms with E-state index in [1.165, 1.54) is 6.07 Å². The molecule has 0 bridgehead atoms. The predicted octanol–water partition coefficient (Wildman–Crippen LogP) is 2.33. The number of hydrogen-bond donors (Lipinski definition) is 1. The Morgan fingerprint density at radius 3 is 2.88 bits per heavy atom. The van der Waals surface area contributed by atoms with Crippen molar-refractivity contribution >= 4 is 29.7 Å². The van der Waals surface area contributed by atoms with E-state index in [2.05, 4.69) is 5.32 Å². The van der Waals surface area contributed by atoms with Gasteiger partial charge in [-0.2, -0.15) is 0 Å². The zero-order valence-corrected chi connectivity index (χ0v) is 10.5. The molecule has 1 atom stereocenters. The normalized spacial score (nSPS) is 19.5. The Morgan fingerprint density at radius 2 is 2.29 bits per heavy atom. The molecule has 1 aliphatic rings. The predicted molar refractivity (Wildman–Crippen MR) is 66.9 cm³/mol. The molecule has 0 aromatic heterocycles. The van der Waals surface area contributed by atoms with Crippen molar-refractivity contribution in [3.05, 3.63) is 38.9 Å². The third kappa shape index (κ3) is 3.29. The molecule has 7 heteroatoms. The molecule has 1 aliphatic heterocycles. The third-order valence-electron chi connectivity index (χ3n) is 2.49. The van der Waals surface area contributed by atoms with Crippen molar-refractivity contribution in [2.75, 3.05) is 19.8 Å². The molecule has 1 aromatic carbocycles. The van der Waals surface area contributed by atoms with Gasteiger partial charge in [0.1, 0.15) is 5.02 Å². The first-order valence-electron chi connectivity index (χ1n) is 4.93. The van der Waals surface area contributed by atoms with Gasteiger partial charge in [-0.15, -0.1) is 12.4 Å². The quantitative estimate of drug-likeness (QED) is 0.666. The summed E-state index contributed by atoms with van der Waals surface area (Å²) in [7, 11) is 0. The first kappa shape index (κ1) is 14.2. The van der Waals surface area contributed by atoms with Crippen LogP contribution in [0.2, 0.25) is 5.02 Å². The molecule has 17 heavy (non-hydrogen) atoms. The van der Waals surface area contributed by atoms with Gasteiger partial charge in [0, 0.05) is 12.6 Å². The second-order valence-corrected chi connectivity index (χ2v) is 3.96. The van der Waals surface area contributed by atoms with Gasteiger partial charge in [-0.05, 0) is 11.6 Å². The number of nitrogens with one attached hydrogen (secondary N) is 1. The van der Waals surface area contributed by atoms with E-state index in [0.29, 0.717) is 13.2 Å². The molecule has 1 saturated heterocycles. The number of benzene rings is 1. The minimum atomic E-state index is -0.477. The van der Waals surface area contributed by atoms with Crippen LogP contribution in [-0.4, -0.2) is 24.7 Å². The van der Waals surface area contributed by atoms with Crippen molar-refractivity contribution in [3.8, 4) is 0 Å². The molecule has 94 valence electrons. The van der Waals surface area contributed by atoms with Gasteiger partial charge in [-0.25, -0.2) is 0 Å². The summed E-state index contributed by atoms with van der Waals surface area (Å²) < 4.78 is 5.30. The van der Waals surface area contributed by atoms with Gasteiger partial charge in [0.05, 0.1) is 24.2 Å². The number of nitro groups is 1. The molecule has 0 amide bonds. The number of nitro benzene ring substituents is 1. The van der Waals surface area contributed by atoms with Crippen LogP contribution in [0.1, 0.15) is 11.6 Å². The SMILES string of the molecule is Cl.O=[N+]([O-])c1cc([C@H]2COCCN2)ccc1Cl. The lowest BCUT2D eigenvalue weighted by Gasteiger charge is -2.24. The Bertz CT molecular complexity index is 409. The van der Waals surface area contributed by atoms with Crippen LogP contribution in [0.25, 0.3) is 0 Å². The van der Waals surface area contributed by atoms with Gasteiger partial charge in [0.25, 0.3) is 5.69 Å². The molecule has 0 unspecified atom stereocenters. The Labute approximate surface area is 110 Å². The van der Waals surface area contributed by atoms with Crippen molar-refractivity contribution in [1.29, 1.82) is 0 Å². The number of morpholine rings is 1. The molecule has 5 nitrogen and oxygen atoms in total. The fourth-order valence-corrected chi connectivity index (χ4v) is 1.85. The van der Waals surface area contributed by atoms with Crippen molar-refractivity contribution in [2.45, 2.75) is 6.04 Å². The molecular formula is C10H12Cl2N2O3. The minimum absolute atomic E-state index is 0. The first-order chi connectivity index (χ1) is 7.68. The van der Waals surface area contributed by atoms with Crippen LogP contribution in [0, 0.1) is 10.1 Å². The average molecular weight is 279 g/mol. The van der Waals surface area contributed by atoms with Crippen LogP contribution < -0.4 is 5.32 Å². The van der Waals surface area contributed by atoms with Crippen LogP contribution in [0.15, 0.2) is 18.2 Å². The molecule has 1 N–H and O–H groups in total. The smallest absolute Gasteiger partial charge is 0.288 e. The van der Waals surface area contributed by atoms with E-state index in [0.717, 1.165) is 12.1 Å². The molecule has 1 aromatic rings. The topological polar surface area (TPSA) is 64.4 Å². The van der Waals surface area contributed by atoms with Crippen LogP contribution in [-0.2, 0) is 4.74 Å². The van der Waals surface area contributed by atoms with Crippen molar-refractivity contribution in [1.82, 2.24) is 5.32 Å². The molecule has 1 heterocycles. The molecule has 2 rings (SSSR count). The molecule has 1 fully saturated rings. The van der Waals surface area contributed by atoms with E-state index in [1.807, 2.05) is 0 Å². The minimum Gasteiger partial charge on any atom is -0.378 e. The third-order valence-corrected chi connectivity index (χ3v) is 2.81. The lowest BCUT2D eigenvalue weighted by atomic mass is 10.1. The number of ether oxygens (including phenoxy) is 1. The maximum atomic E-state index is 10.7. The summed E-state index contributed by atoms with van der Waals surface area (Å²) in [6.45, 7) is 1.95. The van der Waals surface area contributed by atoms with Gasteiger partial charge in [0.2, 0.25) is 0 Å². The number of halogens is 2. The number of hydrogen-bond acceptors (Lipinski definition) is 4. The van der Waals surface area contributed by atoms with Crippen LogP contribution in [0.3, 0.4) is 0 Å². The highest BCUT2D eigenvalue weighted by Crippen LogP contribution is 2.28. The summed E-state index contributed by atoms with van der Waals surface area (Å²) >= 11 is 5.74. The van der Waals surface area contributed by atoms with Gasteiger partial charge in [-0.1, -0.05) is 17.7 Å². The Balaban J connectivity index is 0.00000144. The maximum Gasteiger partial charge on any atom is 0.288 e. The molecular weight excluding hydrogens is 267 g/mol.